The molecule has 54 valence electrons. The van der Waals surface area contributed by atoms with Crippen LogP contribution in [0, 0.1) is 0 Å². The zero-order chi connectivity index (χ0) is 7.49. The molecule has 5 N–H and O–H groups in total. The number of rotatable bonds is 2. The van der Waals surface area contributed by atoms with E-state index < -0.39 is 18.7 Å². The van der Waals surface area contributed by atoms with Crippen molar-refractivity contribution >= 4 is 5.97 Å². The molecule has 0 radical (unpaired) electrons. The van der Waals surface area contributed by atoms with E-state index in [4.69, 9.17) is 15.3 Å². The van der Waals surface area contributed by atoms with Gasteiger partial charge in [-0.3, -0.25) is 5.73 Å². The molecule has 0 rings (SSSR count). The second-order valence-corrected chi connectivity index (χ2v) is 1.23. The van der Waals surface area contributed by atoms with Gasteiger partial charge in [0.15, 0.2) is 0 Å². The van der Waals surface area contributed by atoms with Crippen molar-refractivity contribution in [2.45, 2.75) is 5.97 Å². The highest BCUT2D eigenvalue weighted by Gasteiger charge is 2.31. The Hall–Kier alpha value is -0.690. The largest absolute Gasteiger partial charge is 0.444 e. The lowest BCUT2D eigenvalue weighted by atomic mass is 10.6. The van der Waals surface area contributed by atoms with Crippen LogP contribution in [-0.4, -0.2) is 34.0 Å². The second-order valence-electron chi connectivity index (χ2n) is 1.23. The monoisotopic (exact) mass is 137 g/mol. The highest BCUT2D eigenvalue weighted by molar-refractivity contribution is 5.74. The molecular formula is C3H7NO5. The molecule has 9 heavy (non-hydrogen) atoms. The van der Waals surface area contributed by atoms with Crippen molar-refractivity contribution in [1.82, 2.24) is 0 Å². The number of hydrogen-bond acceptors (Lipinski definition) is 6. The lowest BCUT2D eigenvalue weighted by Crippen LogP contribution is -2.40. The van der Waals surface area contributed by atoms with Crippen LogP contribution in [0.15, 0.2) is 0 Å². The molecule has 0 aliphatic carbocycles. The Kier molecular flexibility index (Phi) is 2.53. The van der Waals surface area contributed by atoms with Crippen LogP contribution >= 0.6 is 0 Å². The molecule has 0 aromatic heterocycles. The quantitative estimate of drug-likeness (QED) is 0.239. The molecule has 0 amide bonds. The third-order valence-electron chi connectivity index (χ3n) is 0.488. The molecule has 0 spiro atoms. The number of carbonyl (C=O) groups excluding carboxylic acids is 1. The van der Waals surface area contributed by atoms with Crippen molar-refractivity contribution in [1.29, 1.82) is 0 Å². The van der Waals surface area contributed by atoms with Gasteiger partial charge < -0.3 is 20.1 Å². The maximum absolute atomic E-state index is 10.0. The fourth-order valence-electron chi connectivity index (χ4n) is 0.173. The van der Waals surface area contributed by atoms with Gasteiger partial charge in [-0.15, -0.1) is 0 Å². The highest BCUT2D eigenvalue weighted by Crippen LogP contribution is 1.93. The molecule has 0 atom stereocenters. The van der Waals surface area contributed by atoms with Crippen molar-refractivity contribution in [2.24, 2.45) is 5.73 Å². The Morgan fingerprint density at radius 1 is 1.56 bits per heavy atom. The van der Waals surface area contributed by atoms with Crippen molar-refractivity contribution < 1.29 is 24.9 Å². The summed E-state index contributed by atoms with van der Waals surface area (Å²) in [5.74, 6) is -5.02. The average Bonchev–Trinajstić information content (AvgIpc) is 1.64. The van der Waals surface area contributed by atoms with Crippen LogP contribution in [0.2, 0.25) is 0 Å². The van der Waals surface area contributed by atoms with Crippen molar-refractivity contribution in [3.63, 3.8) is 0 Å². The Labute approximate surface area is 50.5 Å². The third-order valence-corrected chi connectivity index (χ3v) is 0.488. The van der Waals surface area contributed by atoms with Crippen LogP contribution in [0.1, 0.15) is 0 Å². The summed E-state index contributed by atoms with van der Waals surface area (Å²) in [6, 6.07) is 0. The molecule has 0 unspecified atom stereocenters. The first-order valence-electron chi connectivity index (χ1n) is 2.03. The summed E-state index contributed by atoms with van der Waals surface area (Å²) in [4.78, 5) is 10.0. The van der Waals surface area contributed by atoms with Gasteiger partial charge in [0, 0.05) is 0 Å². The van der Waals surface area contributed by atoms with E-state index in [9.17, 15) is 4.79 Å². The van der Waals surface area contributed by atoms with E-state index >= 15 is 0 Å². The molecule has 6 nitrogen and oxygen atoms in total. The predicted octanol–water partition coefficient (Wildman–Crippen LogP) is -2.92. The van der Waals surface area contributed by atoms with Crippen molar-refractivity contribution in [2.75, 3.05) is 6.73 Å². The zero-order valence-electron chi connectivity index (χ0n) is 4.44. The van der Waals surface area contributed by atoms with Crippen LogP contribution in [0.4, 0.5) is 0 Å². The van der Waals surface area contributed by atoms with Crippen molar-refractivity contribution in [3.8, 4) is 0 Å². The number of aliphatic hydroxyl groups is 3. The maximum Gasteiger partial charge on any atom is 0.398 e. The molecule has 6 heteroatoms. The van der Waals surface area contributed by atoms with E-state index in [1.54, 1.807) is 0 Å². The van der Waals surface area contributed by atoms with E-state index in [0.717, 1.165) is 0 Å². The summed E-state index contributed by atoms with van der Waals surface area (Å²) in [6.07, 6.45) is 0. The summed E-state index contributed by atoms with van der Waals surface area (Å²) in [6.45, 7) is -0.512. The standard InChI is InChI=1S/C3H7NO5/c4-1-9-2(5)3(6,7)8/h6-8H,1,4H2. The first kappa shape index (κ1) is 8.31. The summed E-state index contributed by atoms with van der Waals surface area (Å²) in [7, 11) is 0. The minimum Gasteiger partial charge on any atom is -0.444 e. The smallest absolute Gasteiger partial charge is 0.398 e. The van der Waals surface area contributed by atoms with Gasteiger partial charge in [0.1, 0.15) is 6.73 Å². The van der Waals surface area contributed by atoms with Gasteiger partial charge in [0.2, 0.25) is 0 Å². The molecule has 0 heterocycles. The van der Waals surface area contributed by atoms with E-state index in [-0.39, 0.29) is 0 Å². The topological polar surface area (TPSA) is 113 Å². The minimum absolute atomic E-state index is 0.512. The number of ether oxygens (including phenoxy) is 1. The number of esters is 1. The summed E-state index contributed by atoms with van der Waals surface area (Å²) in [5, 5.41) is 24.0. The van der Waals surface area contributed by atoms with Gasteiger partial charge in [-0.2, -0.15) is 0 Å². The van der Waals surface area contributed by atoms with Gasteiger partial charge in [-0.05, 0) is 0 Å². The zero-order valence-corrected chi connectivity index (χ0v) is 4.44. The van der Waals surface area contributed by atoms with E-state index in [2.05, 4.69) is 10.5 Å². The Balaban J connectivity index is 3.74. The molecule has 0 aliphatic heterocycles. The molecule has 0 saturated carbocycles. The number of carbonyl (C=O) groups is 1. The second kappa shape index (κ2) is 2.74. The number of nitrogens with two attached hydrogens (primary N) is 1. The molecule has 0 fully saturated rings. The maximum atomic E-state index is 10.0. The van der Waals surface area contributed by atoms with E-state index in [1.165, 1.54) is 0 Å². The minimum atomic E-state index is -3.43. The highest BCUT2D eigenvalue weighted by atomic mass is 16.7. The number of hydrogen-bond donors (Lipinski definition) is 4. The fourth-order valence-corrected chi connectivity index (χ4v) is 0.173. The lowest BCUT2D eigenvalue weighted by molar-refractivity contribution is -0.303. The fraction of sp³-hybridized carbons (Fsp3) is 0.667. The molecule has 0 aromatic carbocycles. The summed E-state index contributed by atoms with van der Waals surface area (Å²) >= 11 is 0. The van der Waals surface area contributed by atoms with Crippen LogP contribution in [-0.2, 0) is 9.53 Å². The van der Waals surface area contributed by atoms with E-state index in [0.29, 0.717) is 0 Å². The molecular weight excluding hydrogens is 130 g/mol. The van der Waals surface area contributed by atoms with Gasteiger partial charge in [-0.1, -0.05) is 0 Å². The Morgan fingerprint density at radius 2 is 2.00 bits per heavy atom. The Morgan fingerprint density at radius 3 is 2.11 bits per heavy atom. The van der Waals surface area contributed by atoms with Gasteiger partial charge in [-0.25, -0.2) is 4.79 Å². The van der Waals surface area contributed by atoms with Crippen LogP contribution in [0.25, 0.3) is 0 Å². The first-order chi connectivity index (χ1) is 3.98. The van der Waals surface area contributed by atoms with Crippen LogP contribution in [0.3, 0.4) is 0 Å². The Bertz CT molecular complexity index is 105. The lowest BCUT2D eigenvalue weighted by Gasteiger charge is -2.10. The molecule has 0 aliphatic rings. The van der Waals surface area contributed by atoms with Gasteiger partial charge in [0.25, 0.3) is 0 Å². The average molecular weight is 137 g/mol. The van der Waals surface area contributed by atoms with Gasteiger partial charge in [0.05, 0.1) is 0 Å². The van der Waals surface area contributed by atoms with Crippen LogP contribution < -0.4 is 5.73 Å². The van der Waals surface area contributed by atoms with Crippen molar-refractivity contribution in [3.05, 3.63) is 0 Å². The normalized spacial score (nSPS) is 11.1. The first-order valence-corrected chi connectivity index (χ1v) is 2.03. The molecule has 0 aromatic rings. The summed E-state index contributed by atoms with van der Waals surface area (Å²) in [5.41, 5.74) is 4.65. The van der Waals surface area contributed by atoms with Gasteiger partial charge >= 0.3 is 11.9 Å². The molecule has 0 saturated heterocycles. The van der Waals surface area contributed by atoms with Crippen LogP contribution in [0.5, 0.6) is 0 Å². The van der Waals surface area contributed by atoms with E-state index in [1.807, 2.05) is 0 Å². The molecule has 0 bridgehead atoms. The SMILES string of the molecule is NCOC(=O)C(O)(O)O. The third kappa shape index (κ3) is 2.98. The summed E-state index contributed by atoms with van der Waals surface area (Å²) < 4.78 is 3.80. The predicted molar refractivity (Wildman–Crippen MR) is 24.5 cm³/mol.